The van der Waals surface area contributed by atoms with Gasteiger partial charge in [-0.25, -0.2) is 0 Å². The van der Waals surface area contributed by atoms with Crippen LogP contribution in [0.25, 0.3) is 0 Å². The average Bonchev–Trinajstić information content (AvgIpc) is 2.33. The van der Waals surface area contributed by atoms with E-state index >= 15 is 0 Å². The van der Waals surface area contributed by atoms with E-state index in [9.17, 15) is 0 Å². The molecule has 0 spiro atoms. The molecule has 36 valence electrons. The van der Waals surface area contributed by atoms with Crippen molar-refractivity contribution in [2.24, 2.45) is 0 Å². The first-order chi connectivity index (χ1) is 3.38. The van der Waals surface area contributed by atoms with Gasteiger partial charge in [0.15, 0.2) is 0 Å². The van der Waals surface area contributed by atoms with E-state index < -0.39 is 0 Å². The lowest BCUT2D eigenvalue weighted by Gasteiger charge is -1.83. The van der Waals surface area contributed by atoms with E-state index in [-0.39, 0.29) is 9.52 Å². The molecule has 0 aromatic carbocycles. The van der Waals surface area contributed by atoms with Crippen LogP contribution in [0.2, 0.25) is 0 Å². The third kappa shape index (κ3) is 0.360. The topological polar surface area (TPSA) is 0 Å². The first-order valence-electron chi connectivity index (χ1n) is 2.76. The SMILES string of the molecule is CC1=C2[SiH2]C2=CC1. The summed E-state index contributed by atoms with van der Waals surface area (Å²) in [6.07, 6.45) is 3.68. The summed E-state index contributed by atoms with van der Waals surface area (Å²) in [5.41, 5.74) is 1.67. The van der Waals surface area contributed by atoms with Crippen LogP contribution in [0.4, 0.5) is 0 Å². The molecule has 0 aromatic rings. The van der Waals surface area contributed by atoms with Crippen LogP contribution in [0.1, 0.15) is 13.3 Å². The molecule has 2 rings (SSSR count). The molecule has 1 aliphatic carbocycles. The van der Waals surface area contributed by atoms with Crippen molar-refractivity contribution >= 4 is 9.52 Å². The van der Waals surface area contributed by atoms with E-state index in [0.29, 0.717) is 0 Å². The summed E-state index contributed by atoms with van der Waals surface area (Å²) in [4.78, 5) is 0. The van der Waals surface area contributed by atoms with Crippen LogP contribution < -0.4 is 0 Å². The molecule has 7 heavy (non-hydrogen) atoms. The van der Waals surface area contributed by atoms with Crippen molar-refractivity contribution < 1.29 is 0 Å². The van der Waals surface area contributed by atoms with E-state index in [1.807, 2.05) is 0 Å². The smallest absolute Gasteiger partial charge is 0.0816 e. The second-order valence-corrected chi connectivity index (χ2v) is 4.19. The molecular weight excluding hydrogens is 100 g/mol. The molecule has 0 unspecified atom stereocenters. The van der Waals surface area contributed by atoms with E-state index in [1.165, 1.54) is 6.42 Å². The van der Waals surface area contributed by atoms with Gasteiger partial charge in [-0.1, -0.05) is 22.0 Å². The molecule has 0 N–H and O–H groups in total. The minimum absolute atomic E-state index is 0.285. The van der Waals surface area contributed by atoms with Crippen molar-refractivity contribution in [1.29, 1.82) is 0 Å². The molecule has 1 fully saturated rings. The summed E-state index contributed by atoms with van der Waals surface area (Å²) in [6.45, 7) is 2.26. The van der Waals surface area contributed by atoms with Crippen molar-refractivity contribution in [1.82, 2.24) is 0 Å². The maximum absolute atomic E-state index is 2.40. The van der Waals surface area contributed by atoms with Gasteiger partial charge >= 0.3 is 0 Å². The molecule has 0 radical (unpaired) electrons. The zero-order valence-corrected chi connectivity index (χ0v) is 5.91. The van der Waals surface area contributed by atoms with Gasteiger partial charge < -0.3 is 0 Å². The summed E-state index contributed by atoms with van der Waals surface area (Å²) in [5, 5.41) is 3.55. The van der Waals surface area contributed by atoms with Crippen LogP contribution in [-0.4, -0.2) is 9.52 Å². The molecular formula is C6H8Si. The van der Waals surface area contributed by atoms with Gasteiger partial charge in [-0.05, 0) is 13.3 Å². The molecule has 1 heterocycles. The molecule has 1 saturated heterocycles. The lowest BCUT2D eigenvalue weighted by Crippen LogP contribution is -1.68. The second-order valence-electron chi connectivity index (χ2n) is 2.37. The predicted molar refractivity (Wildman–Crippen MR) is 33.9 cm³/mol. The van der Waals surface area contributed by atoms with Gasteiger partial charge in [-0.2, -0.15) is 0 Å². The van der Waals surface area contributed by atoms with Crippen LogP contribution in [0.3, 0.4) is 0 Å². The van der Waals surface area contributed by atoms with Crippen molar-refractivity contribution in [3.63, 3.8) is 0 Å². The van der Waals surface area contributed by atoms with Crippen LogP contribution >= 0.6 is 0 Å². The zero-order chi connectivity index (χ0) is 4.85. The maximum Gasteiger partial charge on any atom is 0.0867 e. The molecule has 0 aromatic heterocycles. The fourth-order valence-corrected chi connectivity index (χ4v) is 2.64. The Morgan fingerprint density at radius 2 is 2.57 bits per heavy atom. The highest BCUT2D eigenvalue weighted by atomic mass is 28.2. The fraction of sp³-hybridized carbons (Fsp3) is 0.333. The first-order valence-corrected chi connectivity index (χ1v) is 4.17. The van der Waals surface area contributed by atoms with E-state index in [2.05, 4.69) is 13.0 Å². The van der Waals surface area contributed by atoms with Crippen LogP contribution in [-0.2, 0) is 0 Å². The summed E-state index contributed by atoms with van der Waals surface area (Å²) in [5.74, 6) is 0. The third-order valence-corrected chi connectivity index (χ3v) is 3.81. The number of hydrogen-bond donors (Lipinski definition) is 0. The van der Waals surface area contributed by atoms with E-state index in [0.717, 1.165) is 0 Å². The zero-order valence-electron chi connectivity index (χ0n) is 4.49. The van der Waals surface area contributed by atoms with Crippen molar-refractivity contribution in [3.05, 3.63) is 22.0 Å². The molecule has 0 atom stereocenters. The summed E-state index contributed by atoms with van der Waals surface area (Å²) in [6, 6.07) is 0. The molecule has 1 aliphatic heterocycles. The fourth-order valence-electron chi connectivity index (χ4n) is 1.17. The number of allylic oxidation sites excluding steroid dienone is 4. The Kier molecular flexibility index (Phi) is 0.481. The van der Waals surface area contributed by atoms with Gasteiger partial charge in [0.2, 0.25) is 0 Å². The van der Waals surface area contributed by atoms with Crippen LogP contribution in [0, 0.1) is 0 Å². The summed E-state index contributed by atoms with van der Waals surface area (Å²) >= 11 is 0. The number of hydrogen-bond acceptors (Lipinski definition) is 0. The first kappa shape index (κ1) is 3.67. The molecule has 0 nitrogen and oxygen atoms in total. The predicted octanol–water partition coefficient (Wildman–Crippen LogP) is 0.730. The van der Waals surface area contributed by atoms with E-state index in [1.54, 1.807) is 16.0 Å². The normalized spacial score (nSPS) is 28.4. The largest absolute Gasteiger partial charge is 0.0867 e. The highest BCUT2D eigenvalue weighted by molar-refractivity contribution is 6.74. The Morgan fingerprint density at radius 3 is 2.71 bits per heavy atom. The maximum atomic E-state index is 2.40. The number of rotatable bonds is 0. The Labute approximate surface area is 45.7 Å². The van der Waals surface area contributed by atoms with Gasteiger partial charge in [0.05, 0.1) is 9.52 Å². The second kappa shape index (κ2) is 0.919. The minimum Gasteiger partial charge on any atom is -0.0816 e. The van der Waals surface area contributed by atoms with Crippen LogP contribution in [0.5, 0.6) is 0 Å². The Bertz CT molecular complexity index is 175. The quantitative estimate of drug-likeness (QED) is 0.401. The molecule has 0 amide bonds. The van der Waals surface area contributed by atoms with Gasteiger partial charge in [-0.15, -0.1) is 0 Å². The van der Waals surface area contributed by atoms with Gasteiger partial charge in [0, 0.05) is 0 Å². The standard InChI is InChI=1S/C6H8Si/c1-4-2-3-5-6(4)7-5/h3H,2,7H2,1H3. The molecule has 2 aliphatic rings. The Hall–Kier alpha value is -0.303. The molecule has 0 bridgehead atoms. The van der Waals surface area contributed by atoms with Gasteiger partial charge in [0.25, 0.3) is 0 Å². The van der Waals surface area contributed by atoms with Gasteiger partial charge in [-0.3, -0.25) is 0 Å². The van der Waals surface area contributed by atoms with Crippen molar-refractivity contribution in [2.75, 3.05) is 0 Å². The summed E-state index contributed by atoms with van der Waals surface area (Å²) in [7, 11) is 0.285. The third-order valence-electron chi connectivity index (χ3n) is 1.80. The van der Waals surface area contributed by atoms with Crippen molar-refractivity contribution in [2.45, 2.75) is 13.3 Å². The van der Waals surface area contributed by atoms with E-state index in [4.69, 9.17) is 0 Å². The molecule has 1 heteroatoms. The van der Waals surface area contributed by atoms with Crippen molar-refractivity contribution in [3.8, 4) is 0 Å². The monoisotopic (exact) mass is 108 g/mol. The average molecular weight is 108 g/mol. The van der Waals surface area contributed by atoms with Crippen LogP contribution in [0.15, 0.2) is 22.0 Å². The van der Waals surface area contributed by atoms with Gasteiger partial charge in [0.1, 0.15) is 0 Å². The minimum atomic E-state index is 0.285. The Morgan fingerprint density at radius 1 is 1.71 bits per heavy atom. The molecule has 0 saturated carbocycles. The highest BCUT2D eigenvalue weighted by Crippen LogP contribution is 2.36. The number of fused-ring (bicyclic) bond motifs is 1. The lowest BCUT2D eigenvalue weighted by atomic mass is 10.3. The lowest BCUT2D eigenvalue weighted by molar-refractivity contribution is 1.24. The highest BCUT2D eigenvalue weighted by Gasteiger charge is 2.27. The summed E-state index contributed by atoms with van der Waals surface area (Å²) < 4.78 is 0. The Balaban J connectivity index is 2.52.